The van der Waals surface area contributed by atoms with E-state index < -0.39 is 6.09 Å². The molecule has 1 amide bonds. The van der Waals surface area contributed by atoms with Gasteiger partial charge in [0.05, 0.1) is 13.2 Å². The van der Waals surface area contributed by atoms with Crippen LogP contribution in [0.1, 0.15) is 19.8 Å². The van der Waals surface area contributed by atoms with E-state index in [2.05, 4.69) is 4.74 Å². The molecule has 0 bridgehead atoms. The van der Waals surface area contributed by atoms with Crippen molar-refractivity contribution in [2.24, 2.45) is 0 Å². The second-order valence-corrected chi connectivity index (χ2v) is 3.30. The van der Waals surface area contributed by atoms with Crippen molar-refractivity contribution in [3.63, 3.8) is 0 Å². The van der Waals surface area contributed by atoms with Gasteiger partial charge in [-0.1, -0.05) is 6.08 Å². The van der Waals surface area contributed by atoms with Gasteiger partial charge in [0.2, 0.25) is 0 Å². The third-order valence-electron chi connectivity index (χ3n) is 2.19. The molecular weight excluding hydrogens is 198 g/mol. The number of allylic oxidation sites excluding steroid dienone is 1. The standard InChI is InChI=1S/C10H15NO4/c1-8(12)15-7-9-5-3-4-6-11(9)10(13)14-2/h4,6,9H,3,5,7H2,1-2H3. The van der Waals surface area contributed by atoms with Gasteiger partial charge in [0.15, 0.2) is 0 Å². The molecule has 5 nitrogen and oxygen atoms in total. The summed E-state index contributed by atoms with van der Waals surface area (Å²) in [5, 5.41) is 0. The van der Waals surface area contributed by atoms with E-state index in [9.17, 15) is 9.59 Å². The second-order valence-electron chi connectivity index (χ2n) is 3.30. The number of methoxy groups -OCH3 is 1. The normalized spacial score (nSPS) is 19.9. The molecule has 0 saturated heterocycles. The molecule has 1 atom stereocenters. The lowest BCUT2D eigenvalue weighted by Gasteiger charge is -2.29. The molecule has 1 aliphatic rings. The Labute approximate surface area is 88.6 Å². The fraction of sp³-hybridized carbons (Fsp3) is 0.600. The second kappa shape index (κ2) is 5.38. The van der Waals surface area contributed by atoms with Gasteiger partial charge in [-0.2, -0.15) is 0 Å². The summed E-state index contributed by atoms with van der Waals surface area (Å²) in [7, 11) is 1.33. The van der Waals surface area contributed by atoms with Gasteiger partial charge in [0.25, 0.3) is 0 Å². The van der Waals surface area contributed by atoms with Gasteiger partial charge in [-0.15, -0.1) is 0 Å². The van der Waals surface area contributed by atoms with Gasteiger partial charge >= 0.3 is 12.1 Å². The average molecular weight is 213 g/mol. The summed E-state index contributed by atoms with van der Waals surface area (Å²) in [5.41, 5.74) is 0. The molecule has 1 rings (SSSR count). The van der Waals surface area contributed by atoms with Crippen LogP contribution in [0.4, 0.5) is 4.79 Å². The van der Waals surface area contributed by atoms with Crippen molar-refractivity contribution in [1.29, 1.82) is 0 Å². The minimum absolute atomic E-state index is 0.119. The third-order valence-corrected chi connectivity index (χ3v) is 2.19. The largest absolute Gasteiger partial charge is 0.464 e. The van der Waals surface area contributed by atoms with Crippen molar-refractivity contribution < 1.29 is 19.1 Å². The van der Waals surface area contributed by atoms with Crippen molar-refractivity contribution in [2.75, 3.05) is 13.7 Å². The first-order chi connectivity index (χ1) is 7.15. The number of esters is 1. The first kappa shape index (κ1) is 11.6. The molecule has 0 aliphatic carbocycles. The van der Waals surface area contributed by atoms with Crippen LogP contribution in [0.3, 0.4) is 0 Å². The highest BCUT2D eigenvalue weighted by atomic mass is 16.5. The Kier molecular flexibility index (Phi) is 4.15. The highest BCUT2D eigenvalue weighted by molar-refractivity contribution is 5.69. The van der Waals surface area contributed by atoms with Gasteiger partial charge < -0.3 is 9.47 Å². The van der Waals surface area contributed by atoms with Gasteiger partial charge in [-0.05, 0) is 12.8 Å². The maximum Gasteiger partial charge on any atom is 0.413 e. The summed E-state index contributed by atoms with van der Waals surface area (Å²) in [5.74, 6) is -0.339. The first-order valence-corrected chi connectivity index (χ1v) is 4.81. The number of amides is 1. The average Bonchev–Trinajstić information content (AvgIpc) is 2.25. The first-order valence-electron chi connectivity index (χ1n) is 4.81. The summed E-state index contributed by atoms with van der Waals surface area (Å²) >= 11 is 0. The molecule has 0 aromatic rings. The predicted molar refractivity (Wildman–Crippen MR) is 53.0 cm³/mol. The smallest absolute Gasteiger partial charge is 0.413 e. The maximum atomic E-state index is 11.3. The van der Waals surface area contributed by atoms with E-state index in [1.807, 2.05) is 6.08 Å². The van der Waals surface area contributed by atoms with Crippen LogP contribution in [-0.2, 0) is 14.3 Å². The van der Waals surface area contributed by atoms with E-state index in [0.717, 1.165) is 12.8 Å². The van der Waals surface area contributed by atoms with E-state index in [4.69, 9.17) is 4.74 Å². The Hall–Kier alpha value is -1.52. The van der Waals surface area contributed by atoms with Crippen molar-refractivity contribution in [3.05, 3.63) is 12.3 Å². The van der Waals surface area contributed by atoms with E-state index in [1.54, 1.807) is 6.20 Å². The highest BCUT2D eigenvalue weighted by Crippen LogP contribution is 2.16. The van der Waals surface area contributed by atoms with Gasteiger partial charge in [0.1, 0.15) is 6.61 Å². The molecule has 1 heterocycles. The van der Waals surface area contributed by atoms with Crippen LogP contribution >= 0.6 is 0 Å². The molecule has 0 spiro atoms. The zero-order chi connectivity index (χ0) is 11.3. The summed E-state index contributed by atoms with van der Waals surface area (Å²) in [6.07, 6.45) is 4.78. The predicted octanol–water partition coefficient (Wildman–Crippen LogP) is 1.29. The molecule has 1 unspecified atom stereocenters. The van der Waals surface area contributed by atoms with Crippen molar-refractivity contribution >= 4 is 12.1 Å². The fourth-order valence-corrected chi connectivity index (χ4v) is 1.43. The number of hydrogen-bond donors (Lipinski definition) is 0. The number of nitrogens with zero attached hydrogens (tertiary/aromatic N) is 1. The molecule has 1 aliphatic heterocycles. The minimum atomic E-state index is -0.428. The summed E-state index contributed by atoms with van der Waals surface area (Å²) in [6, 6.07) is -0.119. The summed E-state index contributed by atoms with van der Waals surface area (Å²) < 4.78 is 9.51. The van der Waals surface area contributed by atoms with E-state index in [1.165, 1.54) is 18.9 Å². The lowest BCUT2D eigenvalue weighted by molar-refractivity contribution is -0.142. The molecule has 84 valence electrons. The van der Waals surface area contributed by atoms with Crippen LogP contribution in [0.2, 0.25) is 0 Å². The minimum Gasteiger partial charge on any atom is -0.464 e. The molecule has 15 heavy (non-hydrogen) atoms. The van der Waals surface area contributed by atoms with Crippen molar-refractivity contribution in [2.45, 2.75) is 25.8 Å². The molecule has 0 aromatic carbocycles. The Morgan fingerprint density at radius 2 is 2.27 bits per heavy atom. The third kappa shape index (κ3) is 3.27. The lowest BCUT2D eigenvalue weighted by Crippen LogP contribution is -2.41. The van der Waals surface area contributed by atoms with Crippen LogP contribution < -0.4 is 0 Å². The molecule has 0 saturated carbocycles. The van der Waals surface area contributed by atoms with Gasteiger partial charge in [0, 0.05) is 13.1 Å². The molecule has 0 radical (unpaired) electrons. The zero-order valence-corrected chi connectivity index (χ0v) is 8.93. The Balaban J connectivity index is 2.56. The monoisotopic (exact) mass is 213 g/mol. The van der Waals surface area contributed by atoms with Crippen LogP contribution in [0, 0.1) is 0 Å². The molecule has 0 aromatic heterocycles. The number of carbonyl (C=O) groups is 2. The lowest BCUT2D eigenvalue weighted by atomic mass is 10.1. The number of ether oxygens (including phenoxy) is 2. The van der Waals surface area contributed by atoms with E-state index in [0.29, 0.717) is 0 Å². The Morgan fingerprint density at radius 1 is 1.53 bits per heavy atom. The molecular formula is C10H15NO4. The van der Waals surface area contributed by atoms with Crippen LogP contribution in [-0.4, -0.2) is 36.7 Å². The quantitative estimate of drug-likeness (QED) is 0.649. The molecule has 0 fully saturated rings. The molecule has 0 N–H and O–H groups in total. The summed E-state index contributed by atoms with van der Waals surface area (Å²) in [6.45, 7) is 1.57. The van der Waals surface area contributed by atoms with Gasteiger partial charge in [-0.3, -0.25) is 9.69 Å². The highest BCUT2D eigenvalue weighted by Gasteiger charge is 2.25. The zero-order valence-electron chi connectivity index (χ0n) is 8.93. The van der Waals surface area contributed by atoms with Crippen LogP contribution in [0.15, 0.2) is 12.3 Å². The van der Waals surface area contributed by atoms with E-state index >= 15 is 0 Å². The summed E-state index contributed by atoms with van der Waals surface area (Å²) in [4.78, 5) is 23.4. The van der Waals surface area contributed by atoms with Crippen LogP contribution in [0.5, 0.6) is 0 Å². The van der Waals surface area contributed by atoms with Gasteiger partial charge in [-0.25, -0.2) is 4.79 Å². The number of rotatable bonds is 2. The number of hydrogen-bond acceptors (Lipinski definition) is 4. The van der Waals surface area contributed by atoms with E-state index in [-0.39, 0.29) is 18.6 Å². The van der Waals surface area contributed by atoms with Crippen molar-refractivity contribution in [1.82, 2.24) is 4.90 Å². The topological polar surface area (TPSA) is 55.8 Å². The SMILES string of the molecule is COC(=O)N1C=CCCC1COC(C)=O. The Bertz CT molecular complexity index is 275. The maximum absolute atomic E-state index is 11.3. The molecule has 5 heteroatoms. The fourth-order valence-electron chi connectivity index (χ4n) is 1.43. The number of carbonyl (C=O) groups excluding carboxylic acids is 2. The Morgan fingerprint density at radius 3 is 2.87 bits per heavy atom. The van der Waals surface area contributed by atoms with Crippen molar-refractivity contribution in [3.8, 4) is 0 Å². The van der Waals surface area contributed by atoms with Crippen LogP contribution in [0.25, 0.3) is 0 Å².